The van der Waals surface area contributed by atoms with Gasteiger partial charge in [0.2, 0.25) is 5.78 Å². The number of esters is 1. The van der Waals surface area contributed by atoms with Crippen molar-refractivity contribution in [3.63, 3.8) is 0 Å². The second-order valence-corrected chi connectivity index (χ2v) is 8.33. The third-order valence-corrected chi connectivity index (χ3v) is 5.94. The standard InChI is InChI=1S/C25H28ClNO4/c1-2-31-25(30)22(16-17-8-14-21(26)15-9-17)27-24(29)23(28)20-12-10-19(11-13-20)18-6-4-3-5-7-18/h8-15,18,22H,2-7,16H2,1H3,(H,27,29). The van der Waals surface area contributed by atoms with Crippen LogP contribution in [0.15, 0.2) is 48.5 Å². The number of hydrogen-bond acceptors (Lipinski definition) is 4. The Morgan fingerprint density at radius 2 is 1.65 bits per heavy atom. The summed E-state index contributed by atoms with van der Waals surface area (Å²) in [5.41, 5.74) is 2.32. The van der Waals surface area contributed by atoms with Gasteiger partial charge in [0.25, 0.3) is 5.91 Å². The van der Waals surface area contributed by atoms with Gasteiger partial charge in [-0.05, 0) is 48.9 Å². The number of halogens is 1. The van der Waals surface area contributed by atoms with Gasteiger partial charge in [-0.25, -0.2) is 4.79 Å². The summed E-state index contributed by atoms with van der Waals surface area (Å²) in [5.74, 6) is -1.54. The average molecular weight is 442 g/mol. The lowest BCUT2D eigenvalue weighted by molar-refractivity contribution is -0.146. The topological polar surface area (TPSA) is 72.5 Å². The van der Waals surface area contributed by atoms with Gasteiger partial charge in [-0.15, -0.1) is 0 Å². The summed E-state index contributed by atoms with van der Waals surface area (Å²) in [4.78, 5) is 37.6. The van der Waals surface area contributed by atoms with Crippen molar-refractivity contribution in [3.05, 3.63) is 70.2 Å². The van der Waals surface area contributed by atoms with E-state index in [1.807, 2.05) is 12.1 Å². The van der Waals surface area contributed by atoms with Crippen LogP contribution < -0.4 is 5.32 Å². The average Bonchev–Trinajstić information content (AvgIpc) is 2.80. The molecule has 0 spiro atoms. The normalized spacial score (nSPS) is 15.2. The molecular formula is C25H28ClNO4. The van der Waals surface area contributed by atoms with Crippen LogP contribution in [0, 0.1) is 0 Å². The monoisotopic (exact) mass is 441 g/mol. The van der Waals surface area contributed by atoms with Gasteiger partial charge in [-0.2, -0.15) is 0 Å². The molecule has 3 rings (SSSR count). The van der Waals surface area contributed by atoms with Crippen molar-refractivity contribution in [2.45, 2.75) is 57.4 Å². The van der Waals surface area contributed by atoms with Crippen LogP contribution in [0.5, 0.6) is 0 Å². The predicted molar refractivity (Wildman–Crippen MR) is 120 cm³/mol. The van der Waals surface area contributed by atoms with Crippen molar-refractivity contribution in [2.75, 3.05) is 6.61 Å². The first-order chi connectivity index (χ1) is 15.0. The molecule has 1 N–H and O–H groups in total. The van der Waals surface area contributed by atoms with Crippen molar-refractivity contribution in [3.8, 4) is 0 Å². The fourth-order valence-electron chi connectivity index (χ4n) is 3.99. The van der Waals surface area contributed by atoms with E-state index in [1.165, 1.54) is 37.7 Å². The van der Waals surface area contributed by atoms with Crippen LogP contribution in [0.2, 0.25) is 5.02 Å². The highest BCUT2D eigenvalue weighted by atomic mass is 35.5. The highest BCUT2D eigenvalue weighted by molar-refractivity contribution is 6.43. The molecule has 1 aliphatic carbocycles. The minimum absolute atomic E-state index is 0.183. The highest BCUT2D eigenvalue weighted by Gasteiger charge is 2.26. The molecule has 1 saturated carbocycles. The summed E-state index contributed by atoms with van der Waals surface area (Å²) >= 11 is 5.91. The van der Waals surface area contributed by atoms with Crippen molar-refractivity contribution in [2.24, 2.45) is 0 Å². The van der Waals surface area contributed by atoms with Crippen LogP contribution in [-0.2, 0) is 20.7 Å². The molecule has 0 saturated heterocycles. The second-order valence-electron chi connectivity index (χ2n) is 7.89. The molecule has 1 amide bonds. The maximum Gasteiger partial charge on any atom is 0.328 e. The van der Waals surface area contributed by atoms with E-state index < -0.39 is 23.7 Å². The van der Waals surface area contributed by atoms with Gasteiger partial charge < -0.3 is 10.1 Å². The third-order valence-electron chi connectivity index (χ3n) is 5.69. The molecule has 31 heavy (non-hydrogen) atoms. The first kappa shape index (κ1) is 23.0. The number of ether oxygens (including phenoxy) is 1. The number of nitrogens with one attached hydrogen (secondary N) is 1. The molecule has 5 nitrogen and oxygen atoms in total. The van der Waals surface area contributed by atoms with Gasteiger partial charge >= 0.3 is 5.97 Å². The smallest absolute Gasteiger partial charge is 0.328 e. The Kier molecular flexibility index (Phi) is 8.24. The molecule has 0 bridgehead atoms. The SMILES string of the molecule is CCOC(=O)C(Cc1ccc(Cl)cc1)NC(=O)C(=O)c1ccc(C2CCCCC2)cc1. The fraction of sp³-hybridized carbons (Fsp3) is 0.400. The second kappa shape index (κ2) is 11.1. The molecule has 1 fully saturated rings. The quantitative estimate of drug-likeness (QED) is 0.360. The zero-order chi connectivity index (χ0) is 22.2. The number of benzene rings is 2. The summed E-state index contributed by atoms with van der Waals surface area (Å²) in [6.07, 6.45) is 6.28. The van der Waals surface area contributed by atoms with E-state index in [0.717, 1.165) is 5.56 Å². The van der Waals surface area contributed by atoms with Gasteiger partial charge in [0.15, 0.2) is 0 Å². The van der Waals surface area contributed by atoms with Crippen molar-refractivity contribution in [1.29, 1.82) is 0 Å². The number of amides is 1. The van der Waals surface area contributed by atoms with Crippen LogP contribution in [-0.4, -0.2) is 30.3 Å². The highest BCUT2D eigenvalue weighted by Crippen LogP contribution is 2.32. The Morgan fingerprint density at radius 1 is 1.00 bits per heavy atom. The molecule has 0 radical (unpaired) electrons. The van der Waals surface area contributed by atoms with Gasteiger partial charge in [0, 0.05) is 17.0 Å². The van der Waals surface area contributed by atoms with Gasteiger partial charge in [-0.3, -0.25) is 9.59 Å². The number of hydrogen-bond donors (Lipinski definition) is 1. The first-order valence-electron chi connectivity index (χ1n) is 10.8. The maximum atomic E-state index is 12.7. The molecule has 2 aromatic carbocycles. The maximum absolute atomic E-state index is 12.7. The van der Waals surface area contributed by atoms with E-state index in [4.69, 9.17) is 16.3 Å². The Hall–Kier alpha value is -2.66. The fourth-order valence-corrected chi connectivity index (χ4v) is 4.12. The Bertz CT molecular complexity index is 902. The number of carbonyl (C=O) groups is 3. The Morgan fingerprint density at radius 3 is 2.26 bits per heavy atom. The minimum Gasteiger partial charge on any atom is -0.464 e. The van der Waals surface area contributed by atoms with Crippen LogP contribution in [0.25, 0.3) is 0 Å². The van der Waals surface area contributed by atoms with E-state index in [-0.39, 0.29) is 13.0 Å². The number of ketones is 1. The molecule has 1 aliphatic rings. The number of Topliss-reactive ketones (excluding diaryl/α,β-unsaturated/α-hetero) is 1. The molecule has 1 atom stereocenters. The summed E-state index contributed by atoms with van der Waals surface area (Å²) in [5, 5.41) is 3.12. The summed E-state index contributed by atoms with van der Waals surface area (Å²) < 4.78 is 5.08. The first-order valence-corrected chi connectivity index (χ1v) is 11.2. The van der Waals surface area contributed by atoms with Crippen molar-refractivity contribution >= 4 is 29.3 Å². The molecular weight excluding hydrogens is 414 g/mol. The molecule has 0 aliphatic heterocycles. The van der Waals surface area contributed by atoms with Gasteiger partial charge in [0.1, 0.15) is 6.04 Å². The summed E-state index contributed by atoms with van der Waals surface area (Å²) in [7, 11) is 0. The molecule has 6 heteroatoms. The van der Waals surface area contributed by atoms with E-state index in [2.05, 4.69) is 5.32 Å². The molecule has 0 heterocycles. The van der Waals surface area contributed by atoms with Gasteiger partial charge in [0.05, 0.1) is 6.61 Å². The zero-order valence-corrected chi connectivity index (χ0v) is 18.5. The van der Waals surface area contributed by atoms with E-state index in [9.17, 15) is 14.4 Å². The summed E-state index contributed by atoms with van der Waals surface area (Å²) in [6, 6.07) is 13.3. The number of carbonyl (C=O) groups excluding carboxylic acids is 3. The minimum atomic E-state index is -0.959. The van der Waals surface area contributed by atoms with Crippen LogP contribution in [0.1, 0.15) is 66.4 Å². The summed E-state index contributed by atoms with van der Waals surface area (Å²) in [6.45, 7) is 1.88. The largest absolute Gasteiger partial charge is 0.464 e. The van der Waals surface area contributed by atoms with Crippen LogP contribution in [0.4, 0.5) is 0 Å². The van der Waals surface area contributed by atoms with Crippen LogP contribution in [0.3, 0.4) is 0 Å². The molecule has 1 unspecified atom stereocenters. The number of rotatable bonds is 8. The third kappa shape index (κ3) is 6.41. The van der Waals surface area contributed by atoms with Crippen molar-refractivity contribution < 1.29 is 19.1 Å². The lowest BCUT2D eigenvalue weighted by Crippen LogP contribution is -2.46. The van der Waals surface area contributed by atoms with Crippen molar-refractivity contribution in [1.82, 2.24) is 5.32 Å². The Balaban J connectivity index is 1.67. The van der Waals surface area contributed by atoms with E-state index in [0.29, 0.717) is 16.5 Å². The van der Waals surface area contributed by atoms with E-state index >= 15 is 0 Å². The van der Waals surface area contributed by atoms with Gasteiger partial charge in [-0.1, -0.05) is 67.3 Å². The zero-order valence-electron chi connectivity index (χ0n) is 17.7. The predicted octanol–water partition coefficient (Wildman–Crippen LogP) is 4.86. The van der Waals surface area contributed by atoms with E-state index in [1.54, 1.807) is 43.3 Å². The Labute approximate surface area is 188 Å². The molecule has 0 aromatic heterocycles. The molecule has 164 valence electrons. The van der Waals surface area contributed by atoms with Crippen LogP contribution >= 0.6 is 11.6 Å². The lowest BCUT2D eigenvalue weighted by atomic mass is 9.84. The molecule has 2 aromatic rings. The lowest BCUT2D eigenvalue weighted by Gasteiger charge is -2.22.